The molecule has 4 rings (SSSR count). The van der Waals surface area contributed by atoms with Crippen molar-refractivity contribution >= 4 is 0 Å². The van der Waals surface area contributed by atoms with Crippen LogP contribution in [0.15, 0.2) is 24.3 Å². The van der Waals surface area contributed by atoms with Crippen molar-refractivity contribution in [2.45, 2.75) is 44.1 Å². The fourth-order valence-corrected chi connectivity index (χ4v) is 5.15. The molecule has 2 fully saturated rings. The molecule has 0 spiro atoms. The quantitative estimate of drug-likeness (QED) is 0.895. The monoisotopic (exact) mass is 270 g/mol. The van der Waals surface area contributed by atoms with Crippen molar-refractivity contribution in [3.8, 4) is 0 Å². The Labute approximate surface area is 122 Å². The van der Waals surface area contributed by atoms with E-state index in [1.54, 1.807) is 5.56 Å². The van der Waals surface area contributed by atoms with Gasteiger partial charge in [0.2, 0.25) is 0 Å². The molecular formula is C18H26N2. The van der Waals surface area contributed by atoms with Gasteiger partial charge in [-0.05, 0) is 55.1 Å². The average Bonchev–Trinajstić information content (AvgIpc) is 3.08. The van der Waals surface area contributed by atoms with E-state index < -0.39 is 0 Å². The van der Waals surface area contributed by atoms with Crippen molar-refractivity contribution in [3.63, 3.8) is 0 Å². The summed E-state index contributed by atoms with van der Waals surface area (Å²) in [5.74, 6) is 1.90. The first-order valence-electron chi connectivity index (χ1n) is 8.37. The summed E-state index contributed by atoms with van der Waals surface area (Å²) in [5.41, 5.74) is 9.56. The van der Waals surface area contributed by atoms with Gasteiger partial charge in [-0.15, -0.1) is 0 Å². The molecule has 0 amide bonds. The molecule has 0 aromatic heterocycles. The maximum atomic E-state index is 6.34. The van der Waals surface area contributed by atoms with Gasteiger partial charge in [0.25, 0.3) is 0 Å². The maximum absolute atomic E-state index is 6.34. The van der Waals surface area contributed by atoms with Crippen LogP contribution < -0.4 is 5.73 Å². The topological polar surface area (TPSA) is 29.3 Å². The van der Waals surface area contributed by atoms with Gasteiger partial charge in [-0.3, -0.25) is 4.90 Å². The maximum Gasteiger partial charge on any atom is 0.0586 e. The normalized spacial score (nSPS) is 36.9. The molecule has 1 saturated heterocycles. The number of benzene rings is 1. The van der Waals surface area contributed by atoms with Crippen LogP contribution in [0, 0.1) is 11.8 Å². The number of rotatable bonds is 2. The number of aryl methyl sites for hydroxylation is 1. The molecule has 1 saturated carbocycles. The minimum Gasteiger partial charge on any atom is -0.328 e. The van der Waals surface area contributed by atoms with E-state index in [0.29, 0.717) is 0 Å². The summed E-state index contributed by atoms with van der Waals surface area (Å²) in [6.45, 7) is 3.36. The van der Waals surface area contributed by atoms with Crippen LogP contribution in [-0.4, -0.2) is 24.5 Å². The fourth-order valence-electron chi connectivity index (χ4n) is 5.15. The molecule has 1 aliphatic heterocycles. The van der Waals surface area contributed by atoms with Crippen molar-refractivity contribution in [2.75, 3.05) is 19.6 Å². The van der Waals surface area contributed by atoms with E-state index in [1.165, 1.54) is 57.2 Å². The van der Waals surface area contributed by atoms with Crippen LogP contribution in [0.2, 0.25) is 0 Å². The molecule has 2 N–H and O–H groups in total. The Bertz CT molecular complexity index is 486. The Morgan fingerprint density at radius 2 is 1.85 bits per heavy atom. The lowest BCUT2D eigenvalue weighted by molar-refractivity contribution is 0.0919. The molecule has 1 aromatic rings. The fraction of sp³-hybridized carbons (Fsp3) is 0.667. The number of hydrogen-bond donors (Lipinski definition) is 1. The van der Waals surface area contributed by atoms with Gasteiger partial charge in [0.05, 0.1) is 5.54 Å². The number of nitrogens with zero attached hydrogens (tertiary/aromatic N) is 1. The summed E-state index contributed by atoms with van der Waals surface area (Å²) in [5, 5.41) is 0. The smallest absolute Gasteiger partial charge is 0.0586 e. The van der Waals surface area contributed by atoms with E-state index in [1.807, 2.05) is 0 Å². The van der Waals surface area contributed by atoms with Crippen molar-refractivity contribution in [1.29, 1.82) is 0 Å². The van der Waals surface area contributed by atoms with Gasteiger partial charge >= 0.3 is 0 Å². The predicted molar refractivity (Wildman–Crippen MR) is 82.5 cm³/mol. The number of fused-ring (bicyclic) bond motifs is 2. The lowest BCUT2D eigenvalue weighted by Gasteiger charge is -2.46. The van der Waals surface area contributed by atoms with Crippen LogP contribution in [0.1, 0.15) is 43.2 Å². The number of likely N-dealkylation sites (tertiary alicyclic amines) is 1. The molecule has 3 aliphatic rings. The van der Waals surface area contributed by atoms with E-state index in [-0.39, 0.29) is 5.54 Å². The van der Waals surface area contributed by atoms with Gasteiger partial charge in [-0.25, -0.2) is 0 Å². The zero-order valence-electron chi connectivity index (χ0n) is 12.4. The largest absolute Gasteiger partial charge is 0.328 e. The standard InChI is InChI=1S/C18H26N2/c19-13-18(20-11-15-6-3-7-16(15)12-20)10-4-8-14-5-1-2-9-17(14)18/h1-2,5,9,15-16H,3-4,6-8,10-13,19H2. The minimum absolute atomic E-state index is 0.138. The number of hydrogen-bond acceptors (Lipinski definition) is 2. The van der Waals surface area contributed by atoms with Crippen LogP contribution in [0.25, 0.3) is 0 Å². The second kappa shape index (κ2) is 4.85. The van der Waals surface area contributed by atoms with Gasteiger partial charge in [0.1, 0.15) is 0 Å². The highest BCUT2D eigenvalue weighted by molar-refractivity contribution is 5.37. The van der Waals surface area contributed by atoms with Crippen LogP contribution in [0.5, 0.6) is 0 Å². The Morgan fingerprint density at radius 1 is 1.10 bits per heavy atom. The summed E-state index contributed by atoms with van der Waals surface area (Å²) in [6.07, 6.45) is 8.13. The molecule has 1 aromatic carbocycles. The molecule has 1 heterocycles. The summed E-state index contributed by atoms with van der Waals surface area (Å²) < 4.78 is 0. The van der Waals surface area contributed by atoms with Gasteiger partial charge in [0, 0.05) is 19.6 Å². The molecule has 3 unspecified atom stereocenters. The summed E-state index contributed by atoms with van der Waals surface area (Å²) in [4.78, 5) is 2.76. The van der Waals surface area contributed by atoms with Crippen LogP contribution in [0.3, 0.4) is 0 Å². The second-order valence-corrected chi connectivity index (χ2v) is 7.10. The third kappa shape index (κ3) is 1.78. The van der Waals surface area contributed by atoms with E-state index in [9.17, 15) is 0 Å². The first-order chi connectivity index (χ1) is 9.83. The first kappa shape index (κ1) is 12.8. The highest BCUT2D eigenvalue weighted by Gasteiger charge is 2.47. The molecule has 2 nitrogen and oxygen atoms in total. The molecule has 0 bridgehead atoms. The van der Waals surface area contributed by atoms with Crippen LogP contribution in [0.4, 0.5) is 0 Å². The van der Waals surface area contributed by atoms with E-state index in [2.05, 4.69) is 29.2 Å². The molecule has 2 aliphatic carbocycles. The van der Waals surface area contributed by atoms with Crippen molar-refractivity contribution in [2.24, 2.45) is 17.6 Å². The molecule has 2 heteroatoms. The second-order valence-electron chi connectivity index (χ2n) is 7.10. The van der Waals surface area contributed by atoms with Crippen molar-refractivity contribution in [3.05, 3.63) is 35.4 Å². The predicted octanol–water partition coefficient (Wildman–Crippen LogP) is 2.91. The molecule has 108 valence electrons. The van der Waals surface area contributed by atoms with Gasteiger partial charge in [0.15, 0.2) is 0 Å². The molecule has 20 heavy (non-hydrogen) atoms. The van der Waals surface area contributed by atoms with E-state index >= 15 is 0 Å². The minimum atomic E-state index is 0.138. The molecule has 3 atom stereocenters. The highest BCUT2D eigenvalue weighted by atomic mass is 15.2. The SMILES string of the molecule is NCC1(N2CC3CCCC3C2)CCCc2ccccc21. The number of nitrogens with two attached hydrogens (primary N) is 1. The third-order valence-electron chi connectivity index (χ3n) is 6.22. The first-order valence-corrected chi connectivity index (χ1v) is 8.37. The molecule has 0 radical (unpaired) electrons. The zero-order chi connectivity index (χ0) is 13.6. The molecular weight excluding hydrogens is 244 g/mol. The van der Waals surface area contributed by atoms with Crippen LogP contribution >= 0.6 is 0 Å². The van der Waals surface area contributed by atoms with Crippen molar-refractivity contribution in [1.82, 2.24) is 4.90 Å². The van der Waals surface area contributed by atoms with Gasteiger partial charge in [-0.2, -0.15) is 0 Å². The Hall–Kier alpha value is -0.860. The Morgan fingerprint density at radius 3 is 2.60 bits per heavy atom. The van der Waals surface area contributed by atoms with E-state index in [0.717, 1.165) is 18.4 Å². The Balaban J connectivity index is 1.71. The summed E-state index contributed by atoms with van der Waals surface area (Å²) >= 11 is 0. The van der Waals surface area contributed by atoms with Gasteiger partial charge < -0.3 is 5.73 Å². The Kier molecular flexibility index (Phi) is 3.12. The average molecular weight is 270 g/mol. The summed E-state index contributed by atoms with van der Waals surface area (Å²) in [7, 11) is 0. The zero-order valence-corrected chi connectivity index (χ0v) is 12.4. The van der Waals surface area contributed by atoms with Crippen molar-refractivity contribution < 1.29 is 0 Å². The van der Waals surface area contributed by atoms with E-state index in [4.69, 9.17) is 5.73 Å². The highest BCUT2D eigenvalue weighted by Crippen LogP contribution is 2.46. The third-order valence-corrected chi connectivity index (χ3v) is 6.22. The lowest BCUT2D eigenvalue weighted by atomic mass is 9.75. The lowest BCUT2D eigenvalue weighted by Crippen LogP contribution is -2.52. The van der Waals surface area contributed by atoms with Crippen LogP contribution in [-0.2, 0) is 12.0 Å². The van der Waals surface area contributed by atoms with Gasteiger partial charge in [-0.1, -0.05) is 30.7 Å². The summed E-state index contributed by atoms with van der Waals surface area (Å²) in [6, 6.07) is 9.04.